The molecule has 0 saturated carbocycles. The second-order valence-corrected chi connectivity index (χ2v) is 5.44. The first-order valence-corrected chi connectivity index (χ1v) is 8.02. The number of carbonyl (C=O) groups excluding carboxylic acids is 2. The van der Waals surface area contributed by atoms with Crippen molar-refractivity contribution in [3.8, 4) is 11.5 Å². The van der Waals surface area contributed by atoms with Gasteiger partial charge >= 0.3 is 0 Å². The number of aliphatic hydroxyl groups excluding tert-OH is 1. The van der Waals surface area contributed by atoms with Gasteiger partial charge in [-0.2, -0.15) is 0 Å². The van der Waals surface area contributed by atoms with E-state index in [1.165, 1.54) is 18.4 Å². The van der Waals surface area contributed by atoms with E-state index in [-0.39, 0.29) is 31.4 Å². The highest BCUT2D eigenvalue weighted by Gasteiger charge is 2.17. The molecular weight excluding hydrogens is 340 g/mol. The van der Waals surface area contributed by atoms with E-state index >= 15 is 0 Å². The van der Waals surface area contributed by atoms with Gasteiger partial charge in [0.05, 0.1) is 6.26 Å². The van der Waals surface area contributed by atoms with Crippen LogP contribution in [0.25, 0.3) is 6.08 Å². The molecule has 0 fully saturated rings. The van der Waals surface area contributed by atoms with Crippen LogP contribution in [0.5, 0.6) is 11.5 Å². The van der Waals surface area contributed by atoms with Gasteiger partial charge in [0.2, 0.25) is 6.79 Å². The van der Waals surface area contributed by atoms with Gasteiger partial charge in [0.1, 0.15) is 5.70 Å². The van der Waals surface area contributed by atoms with E-state index in [4.69, 9.17) is 19.0 Å². The molecule has 0 bridgehead atoms. The number of aliphatic hydroxyl groups is 1. The first-order chi connectivity index (χ1) is 12.7. The Kier molecular flexibility index (Phi) is 5.55. The summed E-state index contributed by atoms with van der Waals surface area (Å²) < 4.78 is 15.6. The van der Waals surface area contributed by atoms with Gasteiger partial charge in [-0.1, -0.05) is 6.07 Å². The van der Waals surface area contributed by atoms with Crippen LogP contribution in [0.3, 0.4) is 0 Å². The minimum atomic E-state index is -0.542. The third-order valence-corrected chi connectivity index (χ3v) is 3.57. The van der Waals surface area contributed by atoms with Gasteiger partial charge in [-0.25, -0.2) is 0 Å². The smallest absolute Gasteiger partial charge is 0.291 e. The summed E-state index contributed by atoms with van der Waals surface area (Å²) in [7, 11) is 0. The molecule has 26 heavy (non-hydrogen) atoms. The largest absolute Gasteiger partial charge is 0.459 e. The summed E-state index contributed by atoms with van der Waals surface area (Å²) in [5.41, 5.74) is 0.699. The molecular formula is C18H18N2O6. The first kappa shape index (κ1) is 17.6. The van der Waals surface area contributed by atoms with Crippen LogP contribution in [0.1, 0.15) is 22.5 Å². The zero-order valence-corrected chi connectivity index (χ0v) is 13.9. The molecule has 1 aromatic heterocycles. The molecule has 0 unspecified atom stereocenters. The van der Waals surface area contributed by atoms with Crippen molar-refractivity contribution in [3.63, 3.8) is 0 Å². The fourth-order valence-electron chi connectivity index (χ4n) is 2.30. The molecule has 0 saturated heterocycles. The van der Waals surface area contributed by atoms with Gasteiger partial charge in [-0.3, -0.25) is 9.59 Å². The van der Waals surface area contributed by atoms with E-state index in [2.05, 4.69) is 10.6 Å². The van der Waals surface area contributed by atoms with Crippen molar-refractivity contribution in [2.75, 3.05) is 19.9 Å². The number of rotatable bonds is 7. The Morgan fingerprint density at radius 3 is 2.81 bits per heavy atom. The van der Waals surface area contributed by atoms with Crippen molar-refractivity contribution in [3.05, 3.63) is 53.6 Å². The number of benzene rings is 1. The molecule has 2 heterocycles. The molecule has 8 nitrogen and oxygen atoms in total. The lowest BCUT2D eigenvalue weighted by atomic mass is 10.1. The van der Waals surface area contributed by atoms with E-state index in [1.807, 2.05) is 0 Å². The maximum absolute atomic E-state index is 12.4. The lowest BCUT2D eigenvalue weighted by molar-refractivity contribution is -0.117. The maximum atomic E-state index is 12.4. The summed E-state index contributed by atoms with van der Waals surface area (Å²) in [5, 5.41) is 14.0. The summed E-state index contributed by atoms with van der Waals surface area (Å²) in [6.07, 6.45) is 3.31. The lowest BCUT2D eigenvalue weighted by Crippen LogP contribution is -2.35. The molecule has 8 heteroatoms. The van der Waals surface area contributed by atoms with Gasteiger partial charge in [0.25, 0.3) is 11.8 Å². The Hall–Kier alpha value is -3.26. The summed E-state index contributed by atoms with van der Waals surface area (Å²) >= 11 is 0. The minimum absolute atomic E-state index is 0.0414. The number of hydrogen-bond donors (Lipinski definition) is 3. The Labute approximate surface area is 149 Å². The second-order valence-electron chi connectivity index (χ2n) is 5.44. The van der Waals surface area contributed by atoms with Crippen molar-refractivity contribution >= 4 is 17.9 Å². The Morgan fingerprint density at radius 1 is 1.19 bits per heavy atom. The molecule has 0 aliphatic carbocycles. The van der Waals surface area contributed by atoms with Crippen LogP contribution in [0.4, 0.5) is 0 Å². The van der Waals surface area contributed by atoms with E-state index in [9.17, 15) is 9.59 Å². The molecule has 0 radical (unpaired) electrons. The maximum Gasteiger partial charge on any atom is 0.291 e. The lowest BCUT2D eigenvalue weighted by Gasteiger charge is -2.10. The van der Waals surface area contributed by atoms with E-state index < -0.39 is 11.8 Å². The van der Waals surface area contributed by atoms with Gasteiger partial charge < -0.3 is 29.6 Å². The summed E-state index contributed by atoms with van der Waals surface area (Å²) in [6, 6.07) is 8.26. The van der Waals surface area contributed by atoms with Crippen molar-refractivity contribution in [2.45, 2.75) is 6.42 Å². The molecule has 136 valence electrons. The number of hydrogen-bond acceptors (Lipinski definition) is 6. The van der Waals surface area contributed by atoms with Gasteiger partial charge in [-0.15, -0.1) is 0 Å². The number of amides is 2. The summed E-state index contributed by atoms with van der Waals surface area (Å²) in [4.78, 5) is 24.6. The van der Waals surface area contributed by atoms with Crippen LogP contribution in [0.15, 0.2) is 46.7 Å². The van der Waals surface area contributed by atoms with Gasteiger partial charge in [-0.05, 0) is 42.3 Å². The quantitative estimate of drug-likeness (QED) is 0.508. The Morgan fingerprint density at radius 2 is 2.04 bits per heavy atom. The molecule has 1 aliphatic heterocycles. The van der Waals surface area contributed by atoms with Crippen LogP contribution in [-0.2, 0) is 4.79 Å². The standard InChI is InChI=1S/C18H18N2O6/c21-7-2-6-19-17(22)13(20-18(23)15-3-1-8-24-15)9-12-4-5-14-16(10-12)26-11-25-14/h1,3-5,8-10,21H,2,6-7,11H2,(H,19,22)(H,20,23)/b13-9-. The normalized spacial score (nSPS) is 12.7. The number of fused-ring (bicyclic) bond motifs is 1. The molecule has 1 aliphatic rings. The highest BCUT2D eigenvalue weighted by molar-refractivity contribution is 6.04. The number of furan rings is 1. The third kappa shape index (κ3) is 4.22. The summed E-state index contributed by atoms with van der Waals surface area (Å²) in [6.45, 7) is 0.386. The molecule has 1 aromatic carbocycles. The van der Waals surface area contributed by atoms with E-state index in [0.717, 1.165) is 0 Å². The SMILES string of the molecule is O=C(NCCCO)/C(=C/c1ccc2c(c1)OCO2)NC(=O)c1ccco1. The average molecular weight is 358 g/mol. The zero-order chi connectivity index (χ0) is 18.4. The molecule has 2 aromatic rings. The second kappa shape index (κ2) is 8.21. The highest BCUT2D eigenvalue weighted by Crippen LogP contribution is 2.33. The van der Waals surface area contributed by atoms with Crippen LogP contribution in [0.2, 0.25) is 0 Å². The Balaban J connectivity index is 1.81. The fraction of sp³-hybridized carbons (Fsp3) is 0.222. The van der Waals surface area contributed by atoms with E-state index in [1.54, 1.807) is 24.3 Å². The number of nitrogens with one attached hydrogen (secondary N) is 2. The molecule has 0 spiro atoms. The zero-order valence-electron chi connectivity index (χ0n) is 13.9. The fourth-order valence-corrected chi connectivity index (χ4v) is 2.30. The third-order valence-electron chi connectivity index (χ3n) is 3.57. The molecule has 3 N–H and O–H groups in total. The number of ether oxygens (including phenoxy) is 2. The predicted octanol–water partition coefficient (Wildman–Crippen LogP) is 1.28. The van der Waals surface area contributed by atoms with Crippen LogP contribution < -0.4 is 20.1 Å². The van der Waals surface area contributed by atoms with Crippen molar-refractivity contribution < 1.29 is 28.6 Å². The van der Waals surface area contributed by atoms with Gasteiger partial charge in [0, 0.05) is 13.2 Å². The minimum Gasteiger partial charge on any atom is -0.459 e. The number of carbonyl (C=O) groups is 2. The highest BCUT2D eigenvalue weighted by atomic mass is 16.7. The topological polar surface area (TPSA) is 110 Å². The molecule has 3 rings (SSSR count). The van der Waals surface area contributed by atoms with Crippen molar-refractivity contribution in [1.82, 2.24) is 10.6 Å². The van der Waals surface area contributed by atoms with Crippen molar-refractivity contribution in [1.29, 1.82) is 0 Å². The molecule has 0 atom stereocenters. The van der Waals surface area contributed by atoms with Crippen LogP contribution in [0, 0.1) is 0 Å². The van der Waals surface area contributed by atoms with Gasteiger partial charge in [0.15, 0.2) is 17.3 Å². The van der Waals surface area contributed by atoms with Crippen molar-refractivity contribution in [2.24, 2.45) is 0 Å². The summed E-state index contributed by atoms with van der Waals surface area (Å²) in [5.74, 6) is 0.256. The van der Waals surface area contributed by atoms with Crippen LogP contribution >= 0.6 is 0 Å². The predicted molar refractivity (Wildman–Crippen MR) is 91.4 cm³/mol. The molecule has 2 amide bonds. The monoisotopic (exact) mass is 358 g/mol. The Bertz CT molecular complexity index is 813. The van der Waals surface area contributed by atoms with Crippen LogP contribution in [-0.4, -0.2) is 36.9 Å². The first-order valence-electron chi connectivity index (χ1n) is 8.02. The van der Waals surface area contributed by atoms with E-state index in [0.29, 0.717) is 23.5 Å². The average Bonchev–Trinajstić information content (AvgIpc) is 3.32.